The molecular weight excluding hydrogens is 412 g/mol. The minimum atomic E-state index is -1.07. The Bertz CT molecular complexity index is 1020. The second-order valence-corrected chi connectivity index (χ2v) is 14.4. The molecule has 3 aromatic rings. The van der Waals surface area contributed by atoms with Gasteiger partial charge in [-0.15, -0.1) is 0 Å². The first-order valence-corrected chi connectivity index (χ1v) is 14.6. The Morgan fingerprint density at radius 3 is 2.60 bits per heavy atom. The van der Waals surface area contributed by atoms with Crippen LogP contribution in [0.3, 0.4) is 0 Å². The van der Waals surface area contributed by atoms with Gasteiger partial charge in [-0.3, -0.25) is 0 Å². The summed E-state index contributed by atoms with van der Waals surface area (Å²) in [5.41, 5.74) is 3.35. The first-order valence-electron chi connectivity index (χ1n) is 9.64. The van der Waals surface area contributed by atoms with Crippen LogP contribution in [0.1, 0.15) is 0 Å². The van der Waals surface area contributed by atoms with Gasteiger partial charge < -0.3 is 10.1 Å². The van der Waals surface area contributed by atoms with Gasteiger partial charge in [0.2, 0.25) is 5.69 Å². The normalized spacial score (nSPS) is 11.3. The van der Waals surface area contributed by atoms with Crippen LogP contribution < -0.4 is 5.32 Å². The average Bonchev–Trinajstić information content (AvgIpc) is 3.20. The van der Waals surface area contributed by atoms with Crippen molar-refractivity contribution in [1.82, 2.24) is 19.7 Å². The van der Waals surface area contributed by atoms with Crippen LogP contribution in [0, 0.1) is 6.57 Å². The van der Waals surface area contributed by atoms with Crippen LogP contribution in [0.2, 0.25) is 25.7 Å². The van der Waals surface area contributed by atoms with E-state index in [0.29, 0.717) is 23.4 Å². The van der Waals surface area contributed by atoms with E-state index in [2.05, 4.69) is 44.9 Å². The number of hydrogen-bond donors (Lipinski definition) is 1. The van der Waals surface area contributed by atoms with E-state index in [1.165, 1.54) is 11.8 Å². The van der Waals surface area contributed by atoms with E-state index in [1.54, 1.807) is 6.20 Å². The summed E-state index contributed by atoms with van der Waals surface area (Å²) in [5, 5.41) is 8.23. The number of anilines is 2. The Kier molecular flexibility index (Phi) is 7.26. The van der Waals surface area contributed by atoms with Crippen molar-refractivity contribution in [1.29, 1.82) is 0 Å². The Morgan fingerprint density at radius 2 is 1.93 bits per heavy atom. The maximum absolute atomic E-state index is 7.30. The van der Waals surface area contributed by atoms with Crippen molar-refractivity contribution < 1.29 is 4.74 Å². The predicted octanol–water partition coefficient (Wildman–Crippen LogP) is 5.67. The van der Waals surface area contributed by atoms with Crippen molar-refractivity contribution in [3.63, 3.8) is 0 Å². The van der Waals surface area contributed by atoms with Crippen molar-refractivity contribution in [2.75, 3.05) is 18.2 Å². The van der Waals surface area contributed by atoms with Crippen LogP contribution >= 0.6 is 11.8 Å². The number of aromatic nitrogens is 4. The van der Waals surface area contributed by atoms with Crippen LogP contribution in [-0.2, 0) is 11.5 Å². The highest BCUT2D eigenvalue weighted by Gasteiger charge is 2.12. The molecule has 7 nitrogen and oxygen atoms in total. The third-order valence-corrected chi connectivity index (χ3v) is 6.65. The van der Waals surface area contributed by atoms with E-state index in [4.69, 9.17) is 11.3 Å². The summed E-state index contributed by atoms with van der Waals surface area (Å²) in [6, 6.07) is 9.11. The van der Waals surface area contributed by atoms with Gasteiger partial charge in [0, 0.05) is 38.3 Å². The van der Waals surface area contributed by atoms with Crippen molar-refractivity contribution in [2.24, 2.45) is 0 Å². The Morgan fingerprint density at radius 1 is 1.17 bits per heavy atom. The van der Waals surface area contributed by atoms with Gasteiger partial charge in [0.1, 0.15) is 12.5 Å². The topological polar surface area (TPSA) is 69.2 Å². The Labute approximate surface area is 182 Å². The molecule has 0 fully saturated rings. The van der Waals surface area contributed by atoms with Gasteiger partial charge in [0.15, 0.2) is 5.16 Å². The smallest absolute Gasteiger partial charge is 0.246 e. The third kappa shape index (κ3) is 6.16. The number of thioether (sulfide) groups is 1. The second kappa shape index (κ2) is 9.89. The van der Waals surface area contributed by atoms with Crippen LogP contribution in [0.15, 0.2) is 48.0 Å². The Balaban J connectivity index is 1.63. The van der Waals surface area contributed by atoms with Crippen LogP contribution in [0.25, 0.3) is 16.0 Å². The van der Waals surface area contributed by atoms with Crippen molar-refractivity contribution >= 4 is 37.0 Å². The van der Waals surface area contributed by atoms with Crippen LogP contribution in [0.4, 0.5) is 17.2 Å². The maximum atomic E-state index is 7.30. The molecule has 156 valence electrons. The first kappa shape index (κ1) is 22.0. The molecule has 9 heteroatoms. The van der Waals surface area contributed by atoms with E-state index in [1.807, 2.05) is 47.6 Å². The average molecular weight is 439 g/mol. The number of hydrogen-bond acceptors (Lipinski definition) is 6. The molecule has 0 saturated heterocycles. The summed E-state index contributed by atoms with van der Waals surface area (Å²) in [5.74, 6) is 0.514. The molecule has 2 aromatic heterocycles. The lowest BCUT2D eigenvalue weighted by Gasteiger charge is -2.15. The molecule has 0 aliphatic carbocycles. The molecule has 2 heterocycles. The van der Waals surface area contributed by atoms with Crippen LogP contribution in [-0.4, -0.2) is 40.7 Å². The maximum Gasteiger partial charge on any atom is 0.246 e. The fourth-order valence-corrected chi connectivity index (χ4v) is 3.73. The minimum absolute atomic E-state index is 0.396. The minimum Gasteiger partial charge on any atom is -0.360 e. The summed E-state index contributed by atoms with van der Waals surface area (Å²) < 4.78 is 7.58. The standard InChI is InChI=1S/C21H26N6OSSi/c1-22-19-13-23-21(29-2)26-20(19)25-18-8-6-16(7-9-18)17-12-24-27(14-17)15-28-10-11-30(3,4)5/h6-9,12-14H,10-11,15H2,2-5H3,(H,23,25,26). The number of nitrogens with zero attached hydrogens (tertiary/aromatic N) is 5. The zero-order chi connectivity index (χ0) is 21.6. The lowest BCUT2D eigenvalue weighted by molar-refractivity contribution is 0.0786. The lowest BCUT2D eigenvalue weighted by atomic mass is 10.1. The quantitative estimate of drug-likeness (QED) is 0.153. The van der Waals surface area contributed by atoms with Crippen molar-refractivity contribution in [2.45, 2.75) is 37.6 Å². The zero-order valence-corrected chi connectivity index (χ0v) is 19.5. The molecule has 0 spiro atoms. The summed E-state index contributed by atoms with van der Waals surface area (Å²) in [6.45, 7) is 15.6. The highest BCUT2D eigenvalue weighted by molar-refractivity contribution is 7.98. The fourth-order valence-electron chi connectivity index (χ4n) is 2.63. The number of benzene rings is 1. The van der Waals surface area contributed by atoms with Crippen molar-refractivity contribution in [3.8, 4) is 11.1 Å². The van der Waals surface area contributed by atoms with E-state index >= 15 is 0 Å². The van der Waals surface area contributed by atoms with Gasteiger partial charge in [0.25, 0.3) is 0 Å². The molecule has 1 aromatic carbocycles. The third-order valence-electron chi connectivity index (χ3n) is 4.38. The summed E-state index contributed by atoms with van der Waals surface area (Å²) in [6.07, 6.45) is 7.28. The van der Waals surface area contributed by atoms with Gasteiger partial charge in [-0.05, 0) is 30.0 Å². The SMILES string of the molecule is [C-]#[N+]c1cnc(SC)nc1Nc1ccc(-c2cnn(COCC[Si](C)(C)C)c2)cc1. The number of nitrogens with one attached hydrogen (secondary N) is 1. The van der Waals surface area contributed by atoms with Gasteiger partial charge >= 0.3 is 0 Å². The zero-order valence-electron chi connectivity index (χ0n) is 17.7. The lowest BCUT2D eigenvalue weighted by Crippen LogP contribution is -2.22. The van der Waals surface area contributed by atoms with Gasteiger partial charge in [-0.1, -0.05) is 43.5 Å². The number of ether oxygens (including phenoxy) is 1. The van der Waals surface area contributed by atoms with Gasteiger partial charge in [-0.25, -0.2) is 19.5 Å². The molecule has 0 amide bonds. The van der Waals surface area contributed by atoms with E-state index in [9.17, 15) is 0 Å². The van der Waals surface area contributed by atoms with E-state index < -0.39 is 8.07 Å². The van der Waals surface area contributed by atoms with Crippen LogP contribution in [0.5, 0.6) is 0 Å². The summed E-state index contributed by atoms with van der Waals surface area (Å²) >= 11 is 1.44. The van der Waals surface area contributed by atoms with Crippen molar-refractivity contribution in [3.05, 3.63) is 54.3 Å². The summed E-state index contributed by atoms with van der Waals surface area (Å²) in [4.78, 5) is 12.0. The molecule has 0 aliphatic rings. The molecule has 1 N–H and O–H groups in total. The second-order valence-electron chi connectivity index (χ2n) is 8.02. The molecule has 0 atom stereocenters. The summed E-state index contributed by atoms with van der Waals surface area (Å²) in [7, 11) is -1.07. The highest BCUT2D eigenvalue weighted by Crippen LogP contribution is 2.28. The van der Waals surface area contributed by atoms with E-state index in [0.717, 1.165) is 29.5 Å². The van der Waals surface area contributed by atoms with E-state index in [-0.39, 0.29) is 0 Å². The molecule has 0 bridgehead atoms. The largest absolute Gasteiger partial charge is 0.360 e. The molecule has 0 saturated carbocycles. The monoisotopic (exact) mass is 438 g/mol. The molecular formula is C21H26N6OSSi. The predicted molar refractivity (Wildman–Crippen MR) is 125 cm³/mol. The fraction of sp³-hybridized carbons (Fsp3) is 0.333. The molecule has 0 unspecified atom stereocenters. The molecule has 3 rings (SSSR count). The Hall–Kier alpha value is -2.67. The molecule has 0 radical (unpaired) electrons. The number of rotatable bonds is 9. The van der Waals surface area contributed by atoms with Gasteiger partial charge in [-0.2, -0.15) is 5.10 Å². The molecule has 30 heavy (non-hydrogen) atoms. The highest BCUT2D eigenvalue weighted by atomic mass is 32.2. The first-order chi connectivity index (χ1) is 14.4. The van der Waals surface area contributed by atoms with Gasteiger partial charge in [0.05, 0.1) is 12.8 Å². The molecule has 0 aliphatic heterocycles.